The van der Waals surface area contributed by atoms with Crippen molar-refractivity contribution in [2.24, 2.45) is 5.73 Å². The van der Waals surface area contributed by atoms with Gasteiger partial charge in [-0.2, -0.15) is 4.72 Å². The van der Waals surface area contributed by atoms with Crippen LogP contribution >= 0.6 is 23.7 Å². The maximum Gasteiger partial charge on any atom is 0.250 e. The lowest BCUT2D eigenvalue weighted by Crippen LogP contribution is -2.46. The van der Waals surface area contributed by atoms with Crippen molar-refractivity contribution >= 4 is 39.7 Å². The molecule has 1 amide bonds. The van der Waals surface area contributed by atoms with Crippen molar-refractivity contribution in [2.75, 3.05) is 6.54 Å². The first-order valence-corrected chi connectivity index (χ1v) is 10.8. The van der Waals surface area contributed by atoms with Crippen molar-refractivity contribution in [3.05, 3.63) is 52.9 Å². The fourth-order valence-electron chi connectivity index (χ4n) is 2.37. The van der Waals surface area contributed by atoms with Gasteiger partial charge in [0, 0.05) is 12.6 Å². The highest BCUT2D eigenvalue weighted by Crippen LogP contribution is 2.18. The van der Waals surface area contributed by atoms with E-state index in [0.29, 0.717) is 5.92 Å². The number of nitrogens with one attached hydrogen (secondary N) is 2. The molecule has 6 nitrogen and oxygen atoms in total. The van der Waals surface area contributed by atoms with E-state index in [1.165, 1.54) is 18.6 Å². The van der Waals surface area contributed by atoms with Gasteiger partial charge in [-0.15, -0.1) is 23.7 Å². The van der Waals surface area contributed by atoms with E-state index in [-0.39, 0.29) is 29.2 Å². The molecule has 0 aliphatic carbocycles. The van der Waals surface area contributed by atoms with Crippen LogP contribution in [-0.4, -0.2) is 26.9 Å². The summed E-state index contributed by atoms with van der Waals surface area (Å²) in [4.78, 5) is 12.2. The Morgan fingerprint density at radius 1 is 1.11 bits per heavy atom. The standard InChI is InChI=1S/C18H25N3O3S2.ClH/c1-12(2)14-6-8-15(9-7-14)16(19)11-20-18(22)13(3)21-26(23,24)17-5-4-10-25-17;/h4-10,12-13,16,21H,11,19H2,1-3H3,(H,20,22);1H. The zero-order valence-corrected chi connectivity index (χ0v) is 18.0. The van der Waals surface area contributed by atoms with Crippen molar-refractivity contribution in [3.8, 4) is 0 Å². The summed E-state index contributed by atoms with van der Waals surface area (Å²) in [5, 5.41) is 4.37. The van der Waals surface area contributed by atoms with E-state index in [0.717, 1.165) is 16.9 Å². The molecule has 0 saturated heterocycles. The molecule has 0 saturated carbocycles. The highest BCUT2D eigenvalue weighted by molar-refractivity contribution is 7.91. The molecule has 2 aromatic rings. The Hall–Kier alpha value is -1.45. The van der Waals surface area contributed by atoms with Crippen molar-refractivity contribution < 1.29 is 13.2 Å². The molecule has 2 unspecified atom stereocenters. The minimum atomic E-state index is -3.69. The summed E-state index contributed by atoms with van der Waals surface area (Å²) in [6.07, 6.45) is 0. The molecule has 0 aliphatic heterocycles. The number of amides is 1. The maximum absolute atomic E-state index is 12.2. The van der Waals surface area contributed by atoms with Gasteiger partial charge >= 0.3 is 0 Å². The molecule has 4 N–H and O–H groups in total. The second-order valence-corrected chi connectivity index (χ2v) is 9.34. The van der Waals surface area contributed by atoms with Crippen LogP contribution in [0.15, 0.2) is 46.0 Å². The van der Waals surface area contributed by atoms with Gasteiger partial charge < -0.3 is 11.1 Å². The molecular weight excluding hydrogens is 406 g/mol. The van der Waals surface area contributed by atoms with Crippen molar-refractivity contribution in [2.45, 2.75) is 43.0 Å². The van der Waals surface area contributed by atoms with Crippen LogP contribution in [0.25, 0.3) is 0 Å². The Labute approximate surface area is 171 Å². The number of hydrogen-bond donors (Lipinski definition) is 3. The predicted octanol–water partition coefficient (Wildman–Crippen LogP) is 2.78. The van der Waals surface area contributed by atoms with Gasteiger partial charge in [0.1, 0.15) is 4.21 Å². The molecule has 27 heavy (non-hydrogen) atoms. The third-order valence-corrected chi connectivity index (χ3v) is 6.95. The van der Waals surface area contributed by atoms with Gasteiger partial charge in [0.15, 0.2) is 0 Å². The number of benzene rings is 1. The van der Waals surface area contributed by atoms with E-state index < -0.39 is 22.0 Å². The van der Waals surface area contributed by atoms with Gasteiger partial charge in [0.2, 0.25) is 5.91 Å². The topological polar surface area (TPSA) is 101 Å². The smallest absolute Gasteiger partial charge is 0.250 e. The third kappa shape index (κ3) is 6.58. The molecule has 150 valence electrons. The molecule has 1 heterocycles. The van der Waals surface area contributed by atoms with Gasteiger partial charge in [0.05, 0.1) is 6.04 Å². The van der Waals surface area contributed by atoms with E-state index in [4.69, 9.17) is 5.73 Å². The normalized spacial score (nSPS) is 13.7. The molecule has 1 aromatic carbocycles. The molecule has 0 spiro atoms. The lowest BCUT2D eigenvalue weighted by Gasteiger charge is -2.17. The van der Waals surface area contributed by atoms with Gasteiger partial charge in [-0.1, -0.05) is 44.2 Å². The quantitative estimate of drug-likeness (QED) is 0.598. The van der Waals surface area contributed by atoms with E-state index >= 15 is 0 Å². The molecule has 2 atom stereocenters. The SMILES string of the molecule is CC(NS(=O)(=O)c1cccs1)C(=O)NCC(N)c1ccc(C(C)C)cc1.Cl. The fourth-order valence-corrected chi connectivity index (χ4v) is 4.58. The number of thiophene rings is 1. The minimum absolute atomic E-state index is 0. The van der Waals surface area contributed by atoms with Crippen LogP contribution in [0.1, 0.15) is 43.9 Å². The maximum atomic E-state index is 12.2. The molecule has 0 fully saturated rings. The predicted molar refractivity (Wildman–Crippen MR) is 112 cm³/mol. The Morgan fingerprint density at radius 2 is 1.70 bits per heavy atom. The molecular formula is C18H26ClN3O3S2. The fraction of sp³-hybridized carbons (Fsp3) is 0.389. The van der Waals surface area contributed by atoms with Crippen LogP contribution in [0.2, 0.25) is 0 Å². The molecule has 1 aromatic heterocycles. The highest BCUT2D eigenvalue weighted by Gasteiger charge is 2.23. The number of sulfonamides is 1. The summed E-state index contributed by atoms with van der Waals surface area (Å²) in [6.45, 7) is 5.97. The van der Waals surface area contributed by atoms with Crippen LogP contribution < -0.4 is 15.8 Å². The van der Waals surface area contributed by atoms with Crippen LogP contribution in [0.4, 0.5) is 0 Å². The largest absolute Gasteiger partial charge is 0.353 e. The Kier molecular flexibility index (Phi) is 8.90. The molecule has 0 radical (unpaired) electrons. The van der Waals surface area contributed by atoms with Crippen molar-refractivity contribution in [3.63, 3.8) is 0 Å². The molecule has 2 rings (SSSR count). The van der Waals surface area contributed by atoms with Crippen molar-refractivity contribution in [1.82, 2.24) is 10.0 Å². The second-order valence-electron chi connectivity index (χ2n) is 6.45. The molecule has 0 bridgehead atoms. The zero-order valence-electron chi connectivity index (χ0n) is 15.5. The van der Waals surface area contributed by atoms with Gasteiger partial charge in [-0.3, -0.25) is 4.79 Å². The number of rotatable bonds is 8. The van der Waals surface area contributed by atoms with Gasteiger partial charge in [-0.05, 0) is 35.4 Å². The number of halogens is 1. The number of nitrogens with two attached hydrogens (primary N) is 1. The van der Waals surface area contributed by atoms with E-state index in [1.807, 2.05) is 24.3 Å². The lowest BCUT2D eigenvalue weighted by atomic mass is 9.99. The van der Waals surface area contributed by atoms with Crippen LogP contribution in [-0.2, 0) is 14.8 Å². The third-order valence-electron chi connectivity index (χ3n) is 4.01. The first kappa shape index (κ1) is 23.6. The minimum Gasteiger partial charge on any atom is -0.353 e. The summed E-state index contributed by atoms with van der Waals surface area (Å²) in [5.74, 6) is 0.0246. The molecule has 0 aliphatic rings. The summed E-state index contributed by atoms with van der Waals surface area (Å²) in [7, 11) is -3.69. The number of carbonyl (C=O) groups is 1. The zero-order chi connectivity index (χ0) is 19.3. The molecule has 9 heteroatoms. The van der Waals surface area contributed by atoms with Crippen LogP contribution in [0, 0.1) is 0 Å². The Bertz CT molecular complexity index is 822. The summed E-state index contributed by atoms with van der Waals surface area (Å²) in [5.41, 5.74) is 8.26. The van der Waals surface area contributed by atoms with Crippen molar-refractivity contribution in [1.29, 1.82) is 0 Å². The average molecular weight is 432 g/mol. The number of carbonyl (C=O) groups excluding carboxylic acids is 1. The van der Waals surface area contributed by atoms with E-state index in [2.05, 4.69) is 23.9 Å². The van der Waals surface area contributed by atoms with E-state index in [9.17, 15) is 13.2 Å². The number of hydrogen-bond acceptors (Lipinski definition) is 5. The van der Waals surface area contributed by atoms with Crippen LogP contribution in [0.5, 0.6) is 0 Å². The summed E-state index contributed by atoms with van der Waals surface area (Å²) in [6, 6.07) is 9.85. The average Bonchev–Trinajstić information content (AvgIpc) is 3.14. The van der Waals surface area contributed by atoms with Gasteiger partial charge in [0.25, 0.3) is 10.0 Å². The summed E-state index contributed by atoms with van der Waals surface area (Å²) < 4.78 is 26.8. The first-order chi connectivity index (χ1) is 12.2. The Morgan fingerprint density at radius 3 is 2.22 bits per heavy atom. The van der Waals surface area contributed by atoms with E-state index in [1.54, 1.807) is 11.4 Å². The van der Waals surface area contributed by atoms with Gasteiger partial charge in [-0.25, -0.2) is 8.42 Å². The second kappa shape index (κ2) is 10.2. The first-order valence-electron chi connectivity index (χ1n) is 8.39. The summed E-state index contributed by atoms with van der Waals surface area (Å²) >= 11 is 1.10. The van der Waals surface area contributed by atoms with Crippen LogP contribution in [0.3, 0.4) is 0 Å². The lowest BCUT2D eigenvalue weighted by molar-refractivity contribution is -0.122. The Balaban J connectivity index is 0.00000364. The highest BCUT2D eigenvalue weighted by atomic mass is 35.5. The monoisotopic (exact) mass is 431 g/mol.